The largest absolute Gasteiger partial charge is 0.484 e. The third-order valence-corrected chi connectivity index (χ3v) is 5.33. The van der Waals surface area contributed by atoms with Gasteiger partial charge in [0.05, 0.1) is 12.2 Å². The summed E-state index contributed by atoms with van der Waals surface area (Å²) in [5.74, 6) is 1.40. The Hall–Kier alpha value is -2.97. The van der Waals surface area contributed by atoms with Gasteiger partial charge in [-0.05, 0) is 53.7 Å². The lowest BCUT2D eigenvalue weighted by Gasteiger charge is -2.34. The molecule has 3 aromatic rings. The summed E-state index contributed by atoms with van der Waals surface area (Å²) in [5, 5.41) is 12.8. The van der Waals surface area contributed by atoms with Crippen molar-refractivity contribution in [1.82, 2.24) is 30.0 Å². The number of tetrazole rings is 1. The summed E-state index contributed by atoms with van der Waals surface area (Å²) in [6, 6.07) is 15.1. The van der Waals surface area contributed by atoms with Gasteiger partial charge in [-0.2, -0.15) is 4.68 Å². The zero-order chi connectivity index (χ0) is 20.9. The molecule has 1 aliphatic rings. The molecule has 0 N–H and O–H groups in total. The van der Waals surface area contributed by atoms with Gasteiger partial charge in [-0.15, -0.1) is 5.10 Å². The Balaban J connectivity index is 1.28. The number of carbonyl (C=O) groups is 1. The van der Waals surface area contributed by atoms with Gasteiger partial charge in [-0.25, -0.2) is 0 Å². The van der Waals surface area contributed by atoms with E-state index in [4.69, 9.17) is 16.3 Å². The van der Waals surface area contributed by atoms with Crippen LogP contribution in [0.5, 0.6) is 5.75 Å². The molecule has 0 aliphatic carbocycles. The first kappa shape index (κ1) is 20.3. The number of ether oxygens (including phenoxy) is 1. The Labute approximate surface area is 180 Å². The third kappa shape index (κ3) is 4.95. The van der Waals surface area contributed by atoms with Gasteiger partial charge < -0.3 is 9.64 Å². The molecule has 9 heteroatoms. The molecule has 1 aliphatic heterocycles. The minimum atomic E-state index is -0.0194. The molecular weight excluding hydrogens is 404 g/mol. The molecule has 0 radical (unpaired) electrons. The van der Waals surface area contributed by atoms with Gasteiger partial charge in [0, 0.05) is 31.2 Å². The van der Waals surface area contributed by atoms with Crippen LogP contribution in [0.1, 0.15) is 11.4 Å². The average Bonchev–Trinajstić information content (AvgIpc) is 3.22. The van der Waals surface area contributed by atoms with Crippen LogP contribution in [0.3, 0.4) is 0 Å². The quantitative estimate of drug-likeness (QED) is 0.602. The van der Waals surface area contributed by atoms with Crippen LogP contribution in [0.15, 0.2) is 48.5 Å². The van der Waals surface area contributed by atoms with E-state index in [2.05, 4.69) is 20.4 Å². The second-order valence-corrected chi connectivity index (χ2v) is 7.68. The lowest BCUT2D eigenvalue weighted by Crippen LogP contribution is -2.49. The van der Waals surface area contributed by atoms with Crippen molar-refractivity contribution in [2.24, 2.45) is 0 Å². The van der Waals surface area contributed by atoms with E-state index in [0.29, 0.717) is 30.4 Å². The lowest BCUT2D eigenvalue weighted by molar-refractivity contribution is -0.135. The molecule has 1 amide bonds. The number of hydrogen-bond donors (Lipinski definition) is 0. The highest BCUT2D eigenvalue weighted by molar-refractivity contribution is 6.30. The number of hydrogen-bond acceptors (Lipinski definition) is 6. The minimum absolute atomic E-state index is 0.0194. The van der Waals surface area contributed by atoms with Crippen LogP contribution in [-0.4, -0.2) is 68.7 Å². The fourth-order valence-corrected chi connectivity index (χ4v) is 3.44. The highest BCUT2D eigenvalue weighted by atomic mass is 35.5. The Morgan fingerprint density at radius 3 is 2.43 bits per heavy atom. The predicted molar refractivity (Wildman–Crippen MR) is 113 cm³/mol. The highest BCUT2D eigenvalue weighted by Crippen LogP contribution is 2.16. The van der Waals surface area contributed by atoms with E-state index >= 15 is 0 Å². The summed E-state index contributed by atoms with van der Waals surface area (Å²) in [6.07, 6.45) is 0. The van der Waals surface area contributed by atoms with Crippen molar-refractivity contribution in [2.45, 2.75) is 13.5 Å². The molecule has 1 saturated heterocycles. The Morgan fingerprint density at radius 1 is 1.03 bits per heavy atom. The Kier molecular flexibility index (Phi) is 6.25. The normalized spacial score (nSPS) is 14.7. The van der Waals surface area contributed by atoms with Crippen LogP contribution in [0.2, 0.25) is 5.02 Å². The number of nitrogens with zero attached hydrogens (tertiary/aromatic N) is 6. The van der Waals surface area contributed by atoms with E-state index in [-0.39, 0.29) is 12.5 Å². The van der Waals surface area contributed by atoms with E-state index in [1.54, 1.807) is 28.9 Å². The fraction of sp³-hybridized carbons (Fsp3) is 0.333. The molecule has 156 valence electrons. The van der Waals surface area contributed by atoms with Crippen molar-refractivity contribution in [3.05, 3.63) is 64.9 Å². The molecule has 1 aromatic heterocycles. The van der Waals surface area contributed by atoms with Crippen LogP contribution in [0.4, 0.5) is 0 Å². The van der Waals surface area contributed by atoms with Crippen LogP contribution < -0.4 is 4.74 Å². The van der Waals surface area contributed by atoms with E-state index in [1.807, 2.05) is 36.1 Å². The van der Waals surface area contributed by atoms with Gasteiger partial charge in [0.1, 0.15) is 5.75 Å². The second-order valence-electron chi connectivity index (χ2n) is 7.24. The minimum Gasteiger partial charge on any atom is -0.484 e. The van der Waals surface area contributed by atoms with Gasteiger partial charge in [-0.3, -0.25) is 9.69 Å². The van der Waals surface area contributed by atoms with Gasteiger partial charge in [0.2, 0.25) is 0 Å². The number of aromatic nitrogens is 4. The Bertz CT molecular complexity index is 981. The van der Waals surface area contributed by atoms with E-state index in [1.165, 1.54) is 5.56 Å². The number of amides is 1. The maximum atomic E-state index is 12.4. The number of aryl methyl sites for hydroxylation is 1. The van der Waals surface area contributed by atoms with Gasteiger partial charge in [0.25, 0.3) is 5.91 Å². The Morgan fingerprint density at radius 2 is 1.73 bits per heavy atom. The standard InChI is InChI=1S/C21H23ClN6O2/c1-16-2-6-18(7-3-16)28-20(23-24-25-28)14-26-10-12-27(13-11-26)21(29)15-30-19-8-4-17(22)5-9-19/h2-9H,10-15H2,1H3. The van der Waals surface area contributed by atoms with Crippen molar-refractivity contribution in [2.75, 3.05) is 32.8 Å². The maximum Gasteiger partial charge on any atom is 0.260 e. The molecule has 1 fully saturated rings. The average molecular weight is 427 g/mol. The molecule has 2 aromatic carbocycles. The smallest absolute Gasteiger partial charge is 0.260 e. The third-order valence-electron chi connectivity index (χ3n) is 5.08. The molecule has 0 unspecified atom stereocenters. The van der Waals surface area contributed by atoms with Crippen LogP contribution in [0, 0.1) is 6.92 Å². The topological polar surface area (TPSA) is 76.4 Å². The number of piperazine rings is 1. The van der Waals surface area contributed by atoms with Crippen molar-refractivity contribution >= 4 is 17.5 Å². The molecule has 8 nitrogen and oxygen atoms in total. The fourth-order valence-electron chi connectivity index (χ4n) is 3.31. The molecule has 0 bridgehead atoms. The highest BCUT2D eigenvalue weighted by Gasteiger charge is 2.23. The molecule has 0 saturated carbocycles. The van der Waals surface area contributed by atoms with Crippen LogP contribution in [-0.2, 0) is 11.3 Å². The molecule has 0 spiro atoms. The summed E-state index contributed by atoms with van der Waals surface area (Å²) < 4.78 is 7.33. The summed E-state index contributed by atoms with van der Waals surface area (Å²) in [6.45, 7) is 5.51. The summed E-state index contributed by atoms with van der Waals surface area (Å²) in [7, 11) is 0. The molecule has 2 heterocycles. The SMILES string of the molecule is Cc1ccc(-n2nnnc2CN2CCN(C(=O)COc3ccc(Cl)cc3)CC2)cc1. The molecule has 4 rings (SSSR count). The number of benzene rings is 2. The van der Waals surface area contributed by atoms with Gasteiger partial charge in [-0.1, -0.05) is 29.3 Å². The lowest BCUT2D eigenvalue weighted by atomic mass is 10.2. The summed E-state index contributed by atoms with van der Waals surface area (Å²) in [4.78, 5) is 16.5. The van der Waals surface area contributed by atoms with Crippen molar-refractivity contribution in [3.8, 4) is 11.4 Å². The first-order valence-electron chi connectivity index (χ1n) is 9.81. The second kappa shape index (κ2) is 9.23. The van der Waals surface area contributed by atoms with Crippen LogP contribution in [0.25, 0.3) is 5.69 Å². The monoisotopic (exact) mass is 426 g/mol. The number of carbonyl (C=O) groups excluding carboxylic acids is 1. The van der Waals surface area contributed by atoms with Gasteiger partial charge >= 0.3 is 0 Å². The zero-order valence-corrected chi connectivity index (χ0v) is 17.5. The molecule has 30 heavy (non-hydrogen) atoms. The number of halogens is 1. The van der Waals surface area contributed by atoms with E-state index < -0.39 is 0 Å². The van der Waals surface area contributed by atoms with Crippen molar-refractivity contribution in [3.63, 3.8) is 0 Å². The first-order valence-corrected chi connectivity index (χ1v) is 10.2. The molecular formula is C21H23ClN6O2. The van der Waals surface area contributed by atoms with Crippen LogP contribution >= 0.6 is 11.6 Å². The summed E-state index contributed by atoms with van der Waals surface area (Å²) in [5.41, 5.74) is 2.13. The molecule has 0 atom stereocenters. The van der Waals surface area contributed by atoms with E-state index in [0.717, 1.165) is 24.6 Å². The van der Waals surface area contributed by atoms with E-state index in [9.17, 15) is 4.79 Å². The summed E-state index contributed by atoms with van der Waals surface area (Å²) >= 11 is 5.86. The van der Waals surface area contributed by atoms with Gasteiger partial charge in [0.15, 0.2) is 12.4 Å². The van der Waals surface area contributed by atoms with Crippen molar-refractivity contribution in [1.29, 1.82) is 0 Å². The zero-order valence-electron chi connectivity index (χ0n) is 16.7. The maximum absolute atomic E-state index is 12.4. The predicted octanol–water partition coefficient (Wildman–Crippen LogP) is 2.35. The number of rotatable bonds is 6. The van der Waals surface area contributed by atoms with Crippen molar-refractivity contribution < 1.29 is 9.53 Å². The first-order chi connectivity index (χ1) is 14.6.